The number of halogens is 3. The molecule has 0 radical (unpaired) electrons. The lowest BCUT2D eigenvalue weighted by Crippen LogP contribution is -2.51. The molecule has 0 heterocycles. The number of carbonyl (C=O) groups is 2. The predicted molar refractivity (Wildman–Crippen MR) is 131 cm³/mol. The minimum Gasteiger partial charge on any atom is -0.352 e. The summed E-state index contributed by atoms with van der Waals surface area (Å²) in [6, 6.07) is 9.45. The van der Waals surface area contributed by atoms with E-state index in [0.29, 0.717) is 20.6 Å². The highest BCUT2D eigenvalue weighted by Crippen LogP contribution is 2.24. The molecule has 1 atom stereocenters. The minimum absolute atomic E-state index is 0.0000880. The summed E-state index contributed by atoms with van der Waals surface area (Å²) in [5.41, 5.74) is 0.571. The maximum atomic E-state index is 13.2. The molecule has 2 amide bonds. The molecule has 180 valence electrons. The van der Waals surface area contributed by atoms with E-state index in [2.05, 4.69) is 5.32 Å². The summed E-state index contributed by atoms with van der Waals surface area (Å²) in [6.07, 6.45) is 0. The average molecular weight is 535 g/mol. The number of carbonyl (C=O) groups excluding carboxylic acids is 2. The molecule has 2 rings (SSSR count). The molecule has 0 bridgehead atoms. The van der Waals surface area contributed by atoms with E-state index in [-0.39, 0.29) is 23.4 Å². The molecule has 0 spiro atoms. The monoisotopic (exact) mass is 533 g/mol. The van der Waals surface area contributed by atoms with Crippen LogP contribution < -0.4 is 5.32 Å². The number of likely N-dealkylation sites (N-methyl/N-ethyl adjacent to an activating group) is 1. The quantitative estimate of drug-likeness (QED) is 0.522. The average Bonchev–Trinajstić information content (AvgIpc) is 2.72. The van der Waals surface area contributed by atoms with Gasteiger partial charge in [-0.1, -0.05) is 40.9 Å². The largest absolute Gasteiger partial charge is 0.352 e. The fourth-order valence-corrected chi connectivity index (χ4v) is 4.69. The van der Waals surface area contributed by atoms with Gasteiger partial charge in [0.1, 0.15) is 6.04 Å². The lowest BCUT2D eigenvalue weighted by Gasteiger charge is -2.31. The molecule has 0 saturated heterocycles. The zero-order valence-corrected chi connectivity index (χ0v) is 21.8. The second-order valence-electron chi connectivity index (χ2n) is 7.81. The number of nitrogens with one attached hydrogen (secondary N) is 1. The Labute approximate surface area is 209 Å². The van der Waals surface area contributed by atoms with E-state index >= 15 is 0 Å². The Hall–Kier alpha value is -1.84. The van der Waals surface area contributed by atoms with E-state index < -0.39 is 28.5 Å². The van der Waals surface area contributed by atoms with Gasteiger partial charge in [-0.2, -0.15) is 4.31 Å². The first-order chi connectivity index (χ1) is 15.3. The predicted octanol–water partition coefficient (Wildman–Crippen LogP) is 4.21. The third-order valence-corrected chi connectivity index (χ3v) is 7.49. The van der Waals surface area contributed by atoms with Crippen molar-refractivity contribution in [3.8, 4) is 0 Å². The molecule has 7 nitrogen and oxygen atoms in total. The molecule has 2 aromatic carbocycles. The molecule has 0 aliphatic carbocycles. The molecule has 11 heteroatoms. The highest BCUT2D eigenvalue weighted by atomic mass is 35.5. The molecule has 0 saturated carbocycles. The van der Waals surface area contributed by atoms with Crippen LogP contribution in [0, 0.1) is 0 Å². The molecule has 0 aromatic heterocycles. The normalized spacial score (nSPS) is 12.6. The van der Waals surface area contributed by atoms with Crippen LogP contribution in [0.1, 0.15) is 26.3 Å². The Morgan fingerprint density at radius 2 is 1.55 bits per heavy atom. The summed E-state index contributed by atoms with van der Waals surface area (Å²) in [5, 5.41) is 3.93. The van der Waals surface area contributed by atoms with Gasteiger partial charge in [-0.3, -0.25) is 9.59 Å². The van der Waals surface area contributed by atoms with Gasteiger partial charge < -0.3 is 10.2 Å². The smallest absolute Gasteiger partial charge is 0.243 e. The van der Waals surface area contributed by atoms with Crippen molar-refractivity contribution in [2.75, 3.05) is 13.6 Å². The van der Waals surface area contributed by atoms with Gasteiger partial charge in [0.25, 0.3) is 0 Å². The number of sulfonamides is 1. The number of hydrogen-bond donors (Lipinski definition) is 1. The van der Waals surface area contributed by atoms with Crippen molar-refractivity contribution in [2.24, 2.45) is 0 Å². The highest BCUT2D eigenvalue weighted by molar-refractivity contribution is 7.89. The lowest BCUT2D eigenvalue weighted by molar-refractivity contribution is -0.140. The Balaban J connectivity index is 2.31. The standard InChI is InChI=1S/C22H26Cl3N3O4S/c1-14(2)26-22(30)15(3)28(12-16-5-6-18(24)11-20(16)25)21(29)13-27(4)33(31,32)19-9-7-17(23)8-10-19/h5-11,14-15H,12-13H2,1-4H3,(H,26,30)/t15-/m1/s1. The van der Waals surface area contributed by atoms with Crippen LogP contribution in [0.4, 0.5) is 0 Å². The maximum absolute atomic E-state index is 13.2. The van der Waals surface area contributed by atoms with Crippen LogP contribution in [-0.4, -0.2) is 55.1 Å². The first kappa shape index (κ1) is 27.4. The van der Waals surface area contributed by atoms with E-state index in [1.54, 1.807) is 32.9 Å². The Bertz CT molecular complexity index is 1110. The van der Waals surface area contributed by atoms with Crippen LogP contribution in [0.25, 0.3) is 0 Å². The molecular formula is C22H26Cl3N3O4S. The van der Waals surface area contributed by atoms with Crippen molar-refractivity contribution < 1.29 is 18.0 Å². The van der Waals surface area contributed by atoms with E-state index in [9.17, 15) is 18.0 Å². The van der Waals surface area contributed by atoms with Gasteiger partial charge in [0.2, 0.25) is 21.8 Å². The molecule has 0 aliphatic heterocycles. The molecule has 0 unspecified atom stereocenters. The summed E-state index contributed by atoms with van der Waals surface area (Å²) in [4.78, 5) is 27.2. The van der Waals surface area contributed by atoms with E-state index in [1.165, 1.54) is 42.3 Å². The molecule has 0 aliphatic rings. The third kappa shape index (κ3) is 7.32. The van der Waals surface area contributed by atoms with Gasteiger partial charge in [-0.05, 0) is 62.7 Å². The van der Waals surface area contributed by atoms with Gasteiger partial charge in [-0.25, -0.2) is 8.42 Å². The number of rotatable bonds is 9. The van der Waals surface area contributed by atoms with Crippen LogP contribution in [0.2, 0.25) is 15.1 Å². The molecular weight excluding hydrogens is 509 g/mol. The molecule has 0 fully saturated rings. The van der Waals surface area contributed by atoms with Crippen molar-refractivity contribution >= 4 is 56.6 Å². The van der Waals surface area contributed by atoms with Gasteiger partial charge in [0.15, 0.2) is 0 Å². The first-order valence-electron chi connectivity index (χ1n) is 10.1. The Morgan fingerprint density at radius 1 is 0.970 bits per heavy atom. The van der Waals surface area contributed by atoms with Crippen molar-refractivity contribution in [1.82, 2.24) is 14.5 Å². The van der Waals surface area contributed by atoms with E-state index in [4.69, 9.17) is 34.8 Å². The van der Waals surface area contributed by atoms with Crippen molar-refractivity contribution in [3.05, 3.63) is 63.1 Å². The first-order valence-corrected chi connectivity index (χ1v) is 12.7. The fraction of sp³-hybridized carbons (Fsp3) is 0.364. The number of nitrogens with zero attached hydrogens (tertiary/aromatic N) is 2. The number of benzene rings is 2. The zero-order chi connectivity index (χ0) is 24.9. The van der Waals surface area contributed by atoms with Crippen LogP contribution in [0.5, 0.6) is 0 Å². The summed E-state index contributed by atoms with van der Waals surface area (Å²) < 4.78 is 26.7. The second kappa shape index (κ2) is 11.5. The second-order valence-corrected chi connectivity index (χ2v) is 11.1. The summed E-state index contributed by atoms with van der Waals surface area (Å²) in [7, 11) is -2.65. The highest BCUT2D eigenvalue weighted by Gasteiger charge is 2.30. The van der Waals surface area contributed by atoms with Crippen LogP contribution >= 0.6 is 34.8 Å². The van der Waals surface area contributed by atoms with Gasteiger partial charge in [-0.15, -0.1) is 0 Å². The van der Waals surface area contributed by atoms with Crippen molar-refractivity contribution in [2.45, 2.75) is 44.3 Å². The van der Waals surface area contributed by atoms with E-state index in [0.717, 1.165) is 4.31 Å². The number of amides is 2. The van der Waals surface area contributed by atoms with Gasteiger partial charge in [0, 0.05) is 34.7 Å². The SMILES string of the molecule is CC(C)NC(=O)[C@@H](C)N(Cc1ccc(Cl)cc1Cl)C(=O)CN(C)S(=O)(=O)c1ccc(Cl)cc1. The number of hydrogen-bond acceptors (Lipinski definition) is 4. The van der Waals surface area contributed by atoms with Crippen LogP contribution in [0.3, 0.4) is 0 Å². The van der Waals surface area contributed by atoms with Gasteiger partial charge >= 0.3 is 0 Å². The zero-order valence-electron chi connectivity index (χ0n) is 18.7. The van der Waals surface area contributed by atoms with Crippen LogP contribution in [-0.2, 0) is 26.2 Å². The van der Waals surface area contributed by atoms with E-state index in [1.807, 2.05) is 0 Å². The summed E-state index contributed by atoms with van der Waals surface area (Å²) >= 11 is 18.1. The Morgan fingerprint density at radius 3 is 2.09 bits per heavy atom. The van der Waals surface area contributed by atoms with Crippen LogP contribution in [0.15, 0.2) is 47.4 Å². The topological polar surface area (TPSA) is 86.8 Å². The molecule has 33 heavy (non-hydrogen) atoms. The summed E-state index contributed by atoms with van der Waals surface area (Å²) in [5.74, 6) is -0.931. The Kier molecular flexibility index (Phi) is 9.58. The molecule has 1 N–H and O–H groups in total. The van der Waals surface area contributed by atoms with Gasteiger partial charge in [0.05, 0.1) is 11.4 Å². The van der Waals surface area contributed by atoms with Crippen molar-refractivity contribution in [1.29, 1.82) is 0 Å². The fourth-order valence-electron chi connectivity index (χ4n) is 2.97. The third-order valence-electron chi connectivity index (χ3n) is 4.83. The van der Waals surface area contributed by atoms with Crippen molar-refractivity contribution in [3.63, 3.8) is 0 Å². The lowest BCUT2D eigenvalue weighted by atomic mass is 10.1. The molecule has 2 aromatic rings. The minimum atomic E-state index is -3.95. The summed E-state index contributed by atoms with van der Waals surface area (Å²) in [6.45, 7) is 4.71. The maximum Gasteiger partial charge on any atom is 0.243 e.